The Labute approximate surface area is 129 Å². The van der Waals surface area contributed by atoms with Crippen molar-refractivity contribution in [1.29, 1.82) is 0 Å². The number of carbonyl (C=O) groups excluding carboxylic acids is 1. The van der Waals surface area contributed by atoms with Crippen LogP contribution in [0.5, 0.6) is 0 Å². The first-order valence-corrected chi connectivity index (χ1v) is 8.35. The summed E-state index contributed by atoms with van der Waals surface area (Å²) >= 11 is 1.72. The molecule has 1 aliphatic carbocycles. The molecule has 21 heavy (non-hydrogen) atoms. The van der Waals surface area contributed by atoms with Crippen molar-refractivity contribution in [3.05, 3.63) is 54.0 Å². The van der Waals surface area contributed by atoms with E-state index in [4.69, 9.17) is 4.42 Å². The molecular weight excluding hydrogens is 282 g/mol. The van der Waals surface area contributed by atoms with Crippen LogP contribution in [0.4, 0.5) is 0 Å². The number of furan rings is 1. The number of hydrogen-bond donors (Lipinski definition) is 1. The first-order chi connectivity index (χ1) is 10.3. The third-order valence-electron chi connectivity index (χ3n) is 3.73. The number of fused-ring (bicyclic) bond motifs is 1. The molecule has 0 saturated heterocycles. The summed E-state index contributed by atoms with van der Waals surface area (Å²) in [6.07, 6.45) is 5.33. The standard InChI is InChI=1S/C17H19NO2S/c19-17(10-12-21-13-5-2-1-3-6-13)18-15-7-4-8-16-14(15)9-11-20-16/h1-3,5-6,9,11,15H,4,7-8,10,12H2,(H,18,19). The number of rotatable bonds is 5. The molecule has 1 heterocycles. The maximum Gasteiger partial charge on any atom is 0.221 e. The first kappa shape index (κ1) is 14.3. The predicted octanol–water partition coefficient (Wildman–Crippen LogP) is 3.96. The summed E-state index contributed by atoms with van der Waals surface area (Å²) in [6, 6.07) is 12.3. The second-order valence-electron chi connectivity index (χ2n) is 5.22. The molecule has 0 radical (unpaired) electrons. The van der Waals surface area contributed by atoms with E-state index in [1.54, 1.807) is 18.0 Å². The Balaban J connectivity index is 1.47. The maximum atomic E-state index is 12.1. The van der Waals surface area contributed by atoms with Crippen molar-refractivity contribution in [1.82, 2.24) is 5.32 Å². The van der Waals surface area contributed by atoms with Crippen LogP contribution in [-0.4, -0.2) is 11.7 Å². The molecule has 3 rings (SSSR count). The van der Waals surface area contributed by atoms with Crippen molar-refractivity contribution in [3.8, 4) is 0 Å². The van der Waals surface area contributed by atoms with Gasteiger partial charge in [-0.15, -0.1) is 11.8 Å². The molecule has 1 N–H and O–H groups in total. The average Bonchev–Trinajstić information content (AvgIpc) is 2.98. The van der Waals surface area contributed by atoms with Gasteiger partial charge in [0.25, 0.3) is 0 Å². The summed E-state index contributed by atoms with van der Waals surface area (Å²) < 4.78 is 5.45. The summed E-state index contributed by atoms with van der Waals surface area (Å²) in [5.74, 6) is 1.96. The highest BCUT2D eigenvalue weighted by atomic mass is 32.2. The lowest BCUT2D eigenvalue weighted by Gasteiger charge is -2.22. The van der Waals surface area contributed by atoms with Crippen LogP contribution >= 0.6 is 11.8 Å². The molecule has 110 valence electrons. The van der Waals surface area contributed by atoms with E-state index in [0.717, 1.165) is 36.3 Å². The van der Waals surface area contributed by atoms with Crippen LogP contribution in [0.25, 0.3) is 0 Å². The second kappa shape index (κ2) is 6.85. The van der Waals surface area contributed by atoms with Gasteiger partial charge < -0.3 is 9.73 Å². The highest BCUT2D eigenvalue weighted by Crippen LogP contribution is 2.30. The lowest BCUT2D eigenvalue weighted by molar-refractivity contribution is -0.121. The summed E-state index contributed by atoms with van der Waals surface area (Å²) in [5.41, 5.74) is 1.16. The Hall–Kier alpha value is -1.68. The SMILES string of the molecule is O=C(CCSc1ccccc1)NC1CCCc2occc21. The molecule has 0 bridgehead atoms. The van der Waals surface area contributed by atoms with Crippen LogP contribution in [0.1, 0.15) is 36.6 Å². The normalized spacial score (nSPS) is 17.2. The molecule has 1 atom stereocenters. The van der Waals surface area contributed by atoms with Crippen LogP contribution in [0, 0.1) is 0 Å². The van der Waals surface area contributed by atoms with Gasteiger partial charge in [-0.05, 0) is 31.0 Å². The highest BCUT2D eigenvalue weighted by molar-refractivity contribution is 7.99. The van der Waals surface area contributed by atoms with E-state index in [1.165, 1.54) is 4.90 Å². The van der Waals surface area contributed by atoms with Crippen molar-refractivity contribution in [3.63, 3.8) is 0 Å². The number of nitrogens with one attached hydrogen (secondary N) is 1. The zero-order valence-corrected chi connectivity index (χ0v) is 12.7. The minimum absolute atomic E-state index is 0.123. The predicted molar refractivity (Wildman–Crippen MR) is 84.3 cm³/mol. The molecule has 0 fully saturated rings. The Morgan fingerprint density at radius 1 is 1.29 bits per heavy atom. The Morgan fingerprint density at radius 3 is 3.00 bits per heavy atom. The lowest BCUT2D eigenvalue weighted by Crippen LogP contribution is -2.30. The molecule has 1 unspecified atom stereocenters. The van der Waals surface area contributed by atoms with Crippen molar-refractivity contribution in [2.75, 3.05) is 5.75 Å². The van der Waals surface area contributed by atoms with Gasteiger partial charge in [-0.3, -0.25) is 4.79 Å². The minimum Gasteiger partial charge on any atom is -0.469 e. The van der Waals surface area contributed by atoms with Crippen LogP contribution < -0.4 is 5.32 Å². The van der Waals surface area contributed by atoms with Crippen LogP contribution in [0.3, 0.4) is 0 Å². The van der Waals surface area contributed by atoms with E-state index in [2.05, 4.69) is 17.4 Å². The smallest absolute Gasteiger partial charge is 0.221 e. The van der Waals surface area contributed by atoms with Gasteiger partial charge >= 0.3 is 0 Å². The van der Waals surface area contributed by atoms with Crippen molar-refractivity contribution in [2.45, 2.75) is 36.6 Å². The molecule has 4 heteroatoms. The summed E-state index contributed by atoms with van der Waals surface area (Å²) in [4.78, 5) is 13.3. The fourth-order valence-electron chi connectivity index (χ4n) is 2.68. The number of benzene rings is 1. The Kier molecular flexibility index (Phi) is 4.65. The van der Waals surface area contributed by atoms with Crippen molar-refractivity contribution < 1.29 is 9.21 Å². The van der Waals surface area contributed by atoms with Crippen molar-refractivity contribution in [2.24, 2.45) is 0 Å². The van der Waals surface area contributed by atoms with Gasteiger partial charge in [0, 0.05) is 29.1 Å². The largest absolute Gasteiger partial charge is 0.469 e. The van der Waals surface area contributed by atoms with Crippen LogP contribution in [0.15, 0.2) is 52.0 Å². The van der Waals surface area contributed by atoms with E-state index in [1.807, 2.05) is 24.3 Å². The zero-order valence-electron chi connectivity index (χ0n) is 11.9. The van der Waals surface area contributed by atoms with Crippen molar-refractivity contribution >= 4 is 17.7 Å². The van der Waals surface area contributed by atoms with Gasteiger partial charge in [-0.25, -0.2) is 0 Å². The van der Waals surface area contributed by atoms with E-state index < -0.39 is 0 Å². The summed E-state index contributed by atoms with van der Waals surface area (Å²) in [5, 5.41) is 3.14. The molecule has 2 aromatic rings. The fourth-order valence-corrected chi connectivity index (χ4v) is 3.55. The summed E-state index contributed by atoms with van der Waals surface area (Å²) in [6.45, 7) is 0. The second-order valence-corrected chi connectivity index (χ2v) is 6.39. The average molecular weight is 301 g/mol. The number of hydrogen-bond acceptors (Lipinski definition) is 3. The molecule has 1 amide bonds. The molecule has 3 nitrogen and oxygen atoms in total. The topological polar surface area (TPSA) is 42.2 Å². The number of aryl methyl sites for hydroxylation is 1. The summed E-state index contributed by atoms with van der Waals surface area (Å²) in [7, 11) is 0. The van der Waals surface area contributed by atoms with Gasteiger partial charge in [0.05, 0.1) is 12.3 Å². The van der Waals surface area contributed by atoms with Crippen LogP contribution in [0.2, 0.25) is 0 Å². The Bertz CT molecular complexity index is 594. The van der Waals surface area contributed by atoms with E-state index >= 15 is 0 Å². The van der Waals surface area contributed by atoms with Gasteiger partial charge in [0.15, 0.2) is 0 Å². The fraction of sp³-hybridized carbons (Fsp3) is 0.353. The van der Waals surface area contributed by atoms with E-state index in [9.17, 15) is 4.79 Å². The quantitative estimate of drug-likeness (QED) is 0.850. The third-order valence-corrected chi connectivity index (χ3v) is 4.74. The third kappa shape index (κ3) is 3.70. The molecule has 1 aromatic heterocycles. The van der Waals surface area contributed by atoms with E-state index in [-0.39, 0.29) is 11.9 Å². The van der Waals surface area contributed by atoms with Gasteiger partial charge in [-0.2, -0.15) is 0 Å². The monoisotopic (exact) mass is 301 g/mol. The lowest BCUT2D eigenvalue weighted by atomic mass is 9.93. The van der Waals surface area contributed by atoms with E-state index in [0.29, 0.717) is 6.42 Å². The molecule has 0 spiro atoms. The molecular formula is C17H19NO2S. The Morgan fingerprint density at radius 2 is 2.14 bits per heavy atom. The number of amides is 1. The number of thioether (sulfide) groups is 1. The van der Waals surface area contributed by atoms with Crippen LogP contribution in [-0.2, 0) is 11.2 Å². The highest BCUT2D eigenvalue weighted by Gasteiger charge is 2.23. The van der Waals surface area contributed by atoms with Gasteiger partial charge in [0.2, 0.25) is 5.91 Å². The first-order valence-electron chi connectivity index (χ1n) is 7.36. The molecule has 1 aliphatic rings. The van der Waals surface area contributed by atoms with Gasteiger partial charge in [0.1, 0.15) is 5.76 Å². The van der Waals surface area contributed by atoms with Gasteiger partial charge in [-0.1, -0.05) is 18.2 Å². The minimum atomic E-state index is 0.123. The molecule has 0 aliphatic heterocycles. The number of carbonyl (C=O) groups is 1. The zero-order chi connectivity index (χ0) is 14.5. The molecule has 1 aromatic carbocycles. The maximum absolute atomic E-state index is 12.1. The molecule has 0 saturated carbocycles.